The van der Waals surface area contributed by atoms with Gasteiger partial charge in [-0.15, -0.1) is 0 Å². The molecule has 2 N–H and O–H groups in total. The van der Waals surface area contributed by atoms with Crippen LogP contribution < -0.4 is 20.1 Å². The van der Waals surface area contributed by atoms with Crippen LogP contribution in [0.2, 0.25) is 0 Å². The number of carbonyl (C=O) groups excluding carboxylic acids is 3. The zero-order valence-corrected chi connectivity index (χ0v) is 16.3. The van der Waals surface area contributed by atoms with Gasteiger partial charge in [0.1, 0.15) is 30.3 Å². The van der Waals surface area contributed by atoms with E-state index in [1.54, 1.807) is 24.3 Å². The molecule has 1 heterocycles. The third-order valence-electron chi connectivity index (χ3n) is 4.25. The SMILES string of the molecule is CCc1cc(C)cc(OCCOc2cccc(C=C3C(=O)NC(=O)NC3=O)c2)c1. The van der Waals surface area contributed by atoms with Crippen molar-refractivity contribution in [1.29, 1.82) is 0 Å². The zero-order chi connectivity index (χ0) is 20.8. The van der Waals surface area contributed by atoms with Gasteiger partial charge < -0.3 is 9.47 Å². The summed E-state index contributed by atoms with van der Waals surface area (Å²) in [5.41, 5.74) is 2.83. The quantitative estimate of drug-likeness (QED) is 0.428. The van der Waals surface area contributed by atoms with Gasteiger partial charge in [0.15, 0.2) is 0 Å². The minimum absolute atomic E-state index is 0.142. The molecule has 1 fully saturated rings. The Morgan fingerprint density at radius 1 is 0.897 bits per heavy atom. The lowest BCUT2D eigenvalue weighted by Gasteiger charge is -2.14. The Bertz CT molecular complexity index is 959. The van der Waals surface area contributed by atoms with Crippen molar-refractivity contribution in [2.75, 3.05) is 13.2 Å². The average Bonchev–Trinajstić information content (AvgIpc) is 2.68. The molecule has 0 aromatic heterocycles. The fourth-order valence-corrected chi connectivity index (χ4v) is 2.90. The molecule has 2 aromatic carbocycles. The maximum absolute atomic E-state index is 11.8. The number of ether oxygens (including phenoxy) is 2. The monoisotopic (exact) mass is 394 g/mol. The van der Waals surface area contributed by atoms with Crippen molar-refractivity contribution in [3.8, 4) is 11.5 Å². The maximum Gasteiger partial charge on any atom is 0.328 e. The second-order valence-corrected chi connectivity index (χ2v) is 6.57. The first-order valence-electron chi connectivity index (χ1n) is 9.29. The summed E-state index contributed by atoms with van der Waals surface area (Å²) in [6.45, 7) is 4.85. The third-order valence-corrected chi connectivity index (χ3v) is 4.25. The van der Waals surface area contributed by atoms with E-state index in [9.17, 15) is 14.4 Å². The minimum Gasteiger partial charge on any atom is -0.490 e. The zero-order valence-electron chi connectivity index (χ0n) is 16.3. The number of aryl methyl sites for hydroxylation is 2. The van der Waals surface area contributed by atoms with Crippen LogP contribution in [0.5, 0.6) is 11.5 Å². The predicted octanol–water partition coefficient (Wildman–Crippen LogP) is 2.76. The first kappa shape index (κ1) is 20.1. The molecule has 150 valence electrons. The van der Waals surface area contributed by atoms with Crippen molar-refractivity contribution < 1.29 is 23.9 Å². The van der Waals surface area contributed by atoms with Gasteiger partial charge in [0, 0.05) is 0 Å². The van der Waals surface area contributed by atoms with E-state index in [1.165, 1.54) is 11.6 Å². The number of barbiturate groups is 1. The molecule has 0 bridgehead atoms. The molecule has 1 aliphatic rings. The molecule has 0 radical (unpaired) electrons. The van der Waals surface area contributed by atoms with Crippen LogP contribution >= 0.6 is 0 Å². The summed E-state index contributed by atoms with van der Waals surface area (Å²) in [5.74, 6) is -0.0758. The van der Waals surface area contributed by atoms with Gasteiger partial charge in [-0.25, -0.2) is 4.79 Å². The molecule has 0 spiro atoms. The van der Waals surface area contributed by atoms with Crippen LogP contribution in [0.4, 0.5) is 4.79 Å². The summed E-state index contributed by atoms with van der Waals surface area (Å²) in [6.07, 6.45) is 2.35. The van der Waals surface area contributed by atoms with E-state index in [0.717, 1.165) is 17.7 Å². The molecule has 7 heteroatoms. The summed E-state index contributed by atoms with van der Waals surface area (Å²) in [4.78, 5) is 34.7. The van der Waals surface area contributed by atoms with Gasteiger partial charge in [-0.2, -0.15) is 0 Å². The Labute approximate surface area is 168 Å². The van der Waals surface area contributed by atoms with Gasteiger partial charge in [-0.1, -0.05) is 25.1 Å². The molecular weight excluding hydrogens is 372 g/mol. The Hall–Kier alpha value is -3.61. The molecule has 7 nitrogen and oxygen atoms in total. The molecule has 0 aliphatic carbocycles. The van der Waals surface area contributed by atoms with Crippen molar-refractivity contribution in [2.45, 2.75) is 20.3 Å². The van der Waals surface area contributed by atoms with Crippen molar-refractivity contribution >= 4 is 23.9 Å². The summed E-state index contributed by atoms with van der Waals surface area (Å²) in [7, 11) is 0. The van der Waals surface area contributed by atoms with Gasteiger partial charge in [-0.3, -0.25) is 20.2 Å². The third kappa shape index (κ3) is 5.44. The predicted molar refractivity (Wildman–Crippen MR) is 108 cm³/mol. The van der Waals surface area contributed by atoms with E-state index >= 15 is 0 Å². The number of urea groups is 1. The average molecular weight is 394 g/mol. The van der Waals surface area contributed by atoms with Crippen LogP contribution in [0.1, 0.15) is 23.6 Å². The van der Waals surface area contributed by atoms with Gasteiger partial charge in [0.2, 0.25) is 0 Å². The number of amides is 4. The molecule has 1 aliphatic heterocycles. The van der Waals surface area contributed by atoms with Crippen molar-refractivity contribution in [2.24, 2.45) is 0 Å². The van der Waals surface area contributed by atoms with Crippen LogP contribution in [-0.4, -0.2) is 31.1 Å². The van der Waals surface area contributed by atoms with E-state index in [1.807, 2.05) is 29.7 Å². The fraction of sp³-hybridized carbons (Fsp3) is 0.227. The van der Waals surface area contributed by atoms with Gasteiger partial charge in [0.25, 0.3) is 11.8 Å². The van der Waals surface area contributed by atoms with Crippen molar-refractivity contribution in [3.05, 3.63) is 64.7 Å². The summed E-state index contributed by atoms with van der Waals surface area (Å²) in [6, 6.07) is 12.3. The smallest absolute Gasteiger partial charge is 0.328 e. The van der Waals surface area contributed by atoms with Gasteiger partial charge >= 0.3 is 6.03 Å². The lowest BCUT2D eigenvalue weighted by Crippen LogP contribution is -2.51. The Balaban J connectivity index is 1.58. The van der Waals surface area contributed by atoms with Crippen molar-refractivity contribution in [1.82, 2.24) is 10.6 Å². The minimum atomic E-state index is -0.825. The highest BCUT2D eigenvalue weighted by Gasteiger charge is 2.27. The van der Waals surface area contributed by atoms with Crippen LogP contribution in [0, 0.1) is 6.92 Å². The van der Waals surface area contributed by atoms with E-state index in [4.69, 9.17) is 9.47 Å². The standard InChI is InChI=1S/C22H22N2O5/c1-3-15-9-14(2)10-18(11-15)29-8-7-28-17-6-4-5-16(12-17)13-19-20(25)23-22(27)24-21(19)26/h4-6,9-13H,3,7-8H2,1-2H3,(H2,23,24,25,26,27). The highest BCUT2D eigenvalue weighted by atomic mass is 16.5. The van der Waals surface area contributed by atoms with Gasteiger partial charge in [0.05, 0.1) is 0 Å². The number of carbonyl (C=O) groups is 3. The molecular formula is C22H22N2O5. The second kappa shape index (κ2) is 9.05. The molecule has 4 amide bonds. The van der Waals surface area contributed by atoms with Gasteiger partial charge in [-0.05, 0) is 60.4 Å². The Kier molecular flexibility index (Phi) is 6.29. The van der Waals surface area contributed by atoms with Crippen LogP contribution in [-0.2, 0) is 16.0 Å². The van der Waals surface area contributed by atoms with E-state index in [2.05, 4.69) is 13.0 Å². The number of hydrogen-bond acceptors (Lipinski definition) is 5. The first-order chi connectivity index (χ1) is 13.9. The van der Waals surface area contributed by atoms with Crippen molar-refractivity contribution in [3.63, 3.8) is 0 Å². The molecule has 3 rings (SSSR count). The normalized spacial score (nSPS) is 13.6. The topological polar surface area (TPSA) is 93.7 Å². The molecule has 0 saturated carbocycles. The maximum atomic E-state index is 11.8. The van der Waals surface area contributed by atoms with E-state index < -0.39 is 17.8 Å². The molecule has 2 aromatic rings. The van der Waals surface area contributed by atoms with E-state index in [-0.39, 0.29) is 5.57 Å². The van der Waals surface area contributed by atoms with Crippen LogP contribution in [0.3, 0.4) is 0 Å². The molecule has 0 atom stereocenters. The Morgan fingerprint density at radius 2 is 1.59 bits per heavy atom. The number of hydrogen-bond donors (Lipinski definition) is 2. The Morgan fingerprint density at radius 3 is 2.28 bits per heavy atom. The summed E-state index contributed by atoms with van der Waals surface area (Å²) >= 11 is 0. The highest BCUT2D eigenvalue weighted by molar-refractivity contribution is 6.31. The first-order valence-corrected chi connectivity index (χ1v) is 9.29. The number of benzene rings is 2. The van der Waals surface area contributed by atoms with Crippen LogP contribution in [0.15, 0.2) is 48.0 Å². The summed E-state index contributed by atoms with van der Waals surface area (Å²) < 4.78 is 11.5. The lowest BCUT2D eigenvalue weighted by atomic mass is 10.1. The van der Waals surface area contributed by atoms with Crippen LogP contribution in [0.25, 0.3) is 6.08 Å². The molecule has 0 unspecified atom stereocenters. The number of rotatable bonds is 7. The summed E-state index contributed by atoms with van der Waals surface area (Å²) in [5, 5.41) is 4.08. The number of nitrogens with one attached hydrogen (secondary N) is 2. The largest absolute Gasteiger partial charge is 0.490 e. The molecule has 1 saturated heterocycles. The second-order valence-electron chi connectivity index (χ2n) is 6.57. The van der Waals surface area contributed by atoms with E-state index in [0.29, 0.717) is 24.5 Å². The molecule has 29 heavy (non-hydrogen) atoms. The lowest BCUT2D eigenvalue weighted by molar-refractivity contribution is -0.123. The number of imide groups is 2. The fourth-order valence-electron chi connectivity index (χ4n) is 2.90. The highest BCUT2D eigenvalue weighted by Crippen LogP contribution is 2.19.